The average Bonchev–Trinajstić information content (AvgIpc) is 3.07. The van der Waals surface area contributed by atoms with Crippen LogP contribution in [0.5, 0.6) is 11.5 Å². The SMILES string of the molecule is C[S@@](=O)c1ccccc1C(=O)OCC(=O)Nc1ccc2c(c1)OCO2. The summed E-state index contributed by atoms with van der Waals surface area (Å²) in [5, 5.41) is 2.60. The third kappa shape index (κ3) is 3.97. The summed E-state index contributed by atoms with van der Waals surface area (Å²) in [5.41, 5.74) is 0.680. The first-order valence-corrected chi connectivity index (χ1v) is 8.89. The van der Waals surface area contributed by atoms with Crippen molar-refractivity contribution in [3.05, 3.63) is 48.0 Å². The van der Waals surface area contributed by atoms with E-state index in [0.717, 1.165) is 0 Å². The number of hydrogen-bond acceptors (Lipinski definition) is 6. The maximum atomic E-state index is 12.1. The summed E-state index contributed by atoms with van der Waals surface area (Å²) in [6.45, 7) is -0.319. The monoisotopic (exact) mass is 361 g/mol. The molecule has 0 saturated heterocycles. The predicted molar refractivity (Wildman–Crippen MR) is 90.3 cm³/mol. The molecule has 0 radical (unpaired) electrons. The molecular formula is C17H15NO6S. The van der Waals surface area contributed by atoms with E-state index in [1.807, 2.05) is 0 Å². The summed E-state index contributed by atoms with van der Waals surface area (Å²) >= 11 is 0. The van der Waals surface area contributed by atoms with E-state index in [1.54, 1.807) is 36.4 Å². The highest BCUT2D eigenvalue weighted by atomic mass is 32.2. The van der Waals surface area contributed by atoms with Crippen LogP contribution in [-0.2, 0) is 20.3 Å². The average molecular weight is 361 g/mol. The molecule has 1 N–H and O–H groups in total. The van der Waals surface area contributed by atoms with Crippen molar-refractivity contribution in [3.8, 4) is 11.5 Å². The number of amides is 1. The van der Waals surface area contributed by atoms with Crippen LogP contribution in [0.3, 0.4) is 0 Å². The minimum absolute atomic E-state index is 0.141. The molecule has 1 heterocycles. The molecule has 0 unspecified atom stereocenters. The molecule has 130 valence electrons. The van der Waals surface area contributed by atoms with Gasteiger partial charge >= 0.3 is 5.97 Å². The highest BCUT2D eigenvalue weighted by Crippen LogP contribution is 2.34. The summed E-state index contributed by atoms with van der Waals surface area (Å²) in [4.78, 5) is 24.4. The van der Waals surface area contributed by atoms with Crippen LogP contribution >= 0.6 is 0 Å². The zero-order valence-corrected chi connectivity index (χ0v) is 14.1. The Kier molecular flexibility index (Phi) is 4.99. The summed E-state index contributed by atoms with van der Waals surface area (Å²) in [7, 11) is -1.33. The van der Waals surface area contributed by atoms with Crippen LogP contribution in [0.25, 0.3) is 0 Å². The molecule has 1 aliphatic heterocycles. The molecule has 0 bridgehead atoms. The van der Waals surface area contributed by atoms with Crippen molar-refractivity contribution in [2.75, 3.05) is 25.0 Å². The molecule has 8 heteroatoms. The van der Waals surface area contributed by atoms with Crippen molar-refractivity contribution in [2.45, 2.75) is 4.90 Å². The summed E-state index contributed by atoms with van der Waals surface area (Å²) in [6.07, 6.45) is 1.47. The number of anilines is 1. The van der Waals surface area contributed by atoms with Crippen molar-refractivity contribution < 1.29 is 28.0 Å². The molecule has 2 aromatic carbocycles. The molecule has 0 fully saturated rings. The maximum absolute atomic E-state index is 12.1. The van der Waals surface area contributed by atoms with Crippen LogP contribution < -0.4 is 14.8 Å². The van der Waals surface area contributed by atoms with E-state index < -0.39 is 29.3 Å². The molecule has 3 rings (SSSR count). The Morgan fingerprint density at radius 3 is 2.72 bits per heavy atom. The highest BCUT2D eigenvalue weighted by molar-refractivity contribution is 7.84. The molecule has 1 amide bonds. The summed E-state index contributed by atoms with van der Waals surface area (Å²) in [6, 6.07) is 11.4. The molecule has 0 spiro atoms. The van der Waals surface area contributed by atoms with Crippen molar-refractivity contribution in [1.82, 2.24) is 0 Å². The Morgan fingerprint density at radius 2 is 1.92 bits per heavy atom. The van der Waals surface area contributed by atoms with Crippen molar-refractivity contribution >= 4 is 28.4 Å². The standard InChI is InChI=1S/C17H15NO6S/c1-25(21)15-5-3-2-4-12(15)17(20)22-9-16(19)18-11-6-7-13-14(8-11)24-10-23-13/h2-8H,9-10H2,1H3,(H,18,19)/t25-/m1/s1. The molecule has 1 atom stereocenters. The minimum Gasteiger partial charge on any atom is -0.454 e. The predicted octanol–water partition coefficient (Wildman–Crippen LogP) is 1.95. The fourth-order valence-corrected chi connectivity index (χ4v) is 3.00. The number of esters is 1. The zero-order chi connectivity index (χ0) is 17.8. The Hall–Kier alpha value is -2.87. The Balaban J connectivity index is 1.59. The van der Waals surface area contributed by atoms with Crippen molar-refractivity contribution in [1.29, 1.82) is 0 Å². The van der Waals surface area contributed by atoms with E-state index in [0.29, 0.717) is 22.1 Å². The largest absolute Gasteiger partial charge is 0.454 e. The first-order valence-electron chi connectivity index (χ1n) is 7.33. The lowest BCUT2D eigenvalue weighted by atomic mass is 10.2. The zero-order valence-electron chi connectivity index (χ0n) is 13.3. The smallest absolute Gasteiger partial charge is 0.339 e. The van der Waals surface area contributed by atoms with Gasteiger partial charge in [-0.3, -0.25) is 9.00 Å². The van der Waals surface area contributed by atoms with Crippen LogP contribution in [0.2, 0.25) is 0 Å². The van der Waals surface area contributed by atoms with Gasteiger partial charge in [0.05, 0.1) is 21.3 Å². The molecule has 25 heavy (non-hydrogen) atoms. The third-order valence-corrected chi connectivity index (χ3v) is 4.38. The van der Waals surface area contributed by atoms with Gasteiger partial charge in [-0.15, -0.1) is 0 Å². The van der Waals surface area contributed by atoms with Gasteiger partial charge in [0.1, 0.15) is 0 Å². The van der Waals surface area contributed by atoms with E-state index in [9.17, 15) is 13.8 Å². The van der Waals surface area contributed by atoms with Crippen LogP contribution in [0.15, 0.2) is 47.4 Å². The van der Waals surface area contributed by atoms with Gasteiger partial charge in [0, 0.05) is 18.0 Å². The van der Waals surface area contributed by atoms with Crippen LogP contribution in [0.4, 0.5) is 5.69 Å². The van der Waals surface area contributed by atoms with E-state index >= 15 is 0 Å². The summed E-state index contributed by atoms with van der Waals surface area (Å²) in [5.74, 6) is -0.0586. The van der Waals surface area contributed by atoms with Gasteiger partial charge in [-0.25, -0.2) is 4.79 Å². The first kappa shape index (κ1) is 17.0. The van der Waals surface area contributed by atoms with Gasteiger partial charge in [-0.1, -0.05) is 12.1 Å². The lowest BCUT2D eigenvalue weighted by Gasteiger charge is -2.09. The number of nitrogens with one attached hydrogen (secondary N) is 1. The van der Waals surface area contributed by atoms with Crippen LogP contribution in [-0.4, -0.2) is 35.7 Å². The number of hydrogen-bond donors (Lipinski definition) is 1. The Labute approximate surface area is 146 Å². The Morgan fingerprint density at radius 1 is 1.16 bits per heavy atom. The highest BCUT2D eigenvalue weighted by Gasteiger charge is 2.17. The number of carbonyl (C=O) groups excluding carboxylic acids is 2. The number of ether oxygens (including phenoxy) is 3. The first-order chi connectivity index (χ1) is 12.0. The summed E-state index contributed by atoms with van der Waals surface area (Å²) < 4.78 is 27.1. The maximum Gasteiger partial charge on any atom is 0.339 e. The minimum atomic E-state index is -1.33. The fourth-order valence-electron chi connectivity index (χ4n) is 2.27. The number of benzene rings is 2. The topological polar surface area (TPSA) is 90.9 Å². The second kappa shape index (κ2) is 7.35. The van der Waals surface area contributed by atoms with Gasteiger partial charge < -0.3 is 19.5 Å². The number of fused-ring (bicyclic) bond motifs is 1. The quantitative estimate of drug-likeness (QED) is 0.819. The van der Waals surface area contributed by atoms with E-state index in [-0.39, 0.29) is 12.4 Å². The molecule has 0 saturated carbocycles. The Bertz CT molecular complexity index is 851. The van der Waals surface area contributed by atoms with Gasteiger partial charge in [-0.05, 0) is 24.3 Å². The van der Waals surface area contributed by atoms with Gasteiger partial charge in [-0.2, -0.15) is 0 Å². The normalized spacial score (nSPS) is 13.2. The van der Waals surface area contributed by atoms with Crippen LogP contribution in [0.1, 0.15) is 10.4 Å². The molecule has 0 aromatic heterocycles. The van der Waals surface area contributed by atoms with E-state index in [1.165, 1.54) is 12.3 Å². The van der Waals surface area contributed by atoms with Gasteiger partial charge in [0.15, 0.2) is 18.1 Å². The van der Waals surface area contributed by atoms with Crippen molar-refractivity contribution in [3.63, 3.8) is 0 Å². The molecule has 7 nitrogen and oxygen atoms in total. The molecular weight excluding hydrogens is 346 g/mol. The fraction of sp³-hybridized carbons (Fsp3) is 0.176. The second-order valence-corrected chi connectivity index (χ2v) is 6.49. The van der Waals surface area contributed by atoms with Crippen LogP contribution in [0, 0.1) is 0 Å². The van der Waals surface area contributed by atoms with Crippen molar-refractivity contribution in [2.24, 2.45) is 0 Å². The third-order valence-electron chi connectivity index (χ3n) is 3.41. The van der Waals surface area contributed by atoms with Gasteiger partial charge in [0.25, 0.3) is 5.91 Å². The molecule has 0 aliphatic carbocycles. The number of rotatable bonds is 5. The van der Waals surface area contributed by atoms with E-state index in [2.05, 4.69) is 5.32 Å². The van der Waals surface area contributed by atoms with Gasteiger partial charge in [0.2, 0.25) is 6.79 Å². The second-order valence-electron chi connectivity index (χ2n) is 5.14. The lowest BCUT2D eigenvalue weighted by molar-refractivity contribution is -0.119. The number of carbonyl (C=O) groups is 2. The molecule has 2 aromatic rings. The lowest BCUT2D eigenvalue weighted by Crippen LogP contribution is -2.21. The molecule has 1 aliphatic rings. The van der Waals surface area contributed by atoms with E-state index in [4.69, 9.17) is 14.2 Å².